The third kappa shape index (κ3) is 1.79. The lowest BCUT2D eigenvalue weighted by Crippen LogP contribution is -2.51. The monoisotopic (exact) mass is 214 g/mol. The molecule has 0 amide bonds. The molecule has 4 nitrogen and oxygen atoms in total. The van der Waals surface area contributed by atoms with Crippen molar-refractivity contribution in [2.45, 2.75) is 6.04 Å². The van der Waals surface area contributed by atoms with E-state index in [-0.39, 0.29) is 0 Å². The summed E-state index contributed by atoms with van der Waals surface area (Å²) in [6.45, 7) is 2.10. The minimum atomic E-state index is 0.567. The first-order valence-corrected chi connectivity index (χ1v) is 5.49. The van der Waals surface area contributed by atoms with E-state index in [2.05, 4.69) is 45.1 Å². The van der Waals surface area contributed by atoms with Gasteiger partial charge in [0.25, 0.3) is 0 Å². The predicted molar refractivity (Wildman–Crippen MR) is 64.3 cm³/mol. The number of H-pyrrole nitrogens is 1. The predicted octanol–water partition coefficient (Wildman–Crippen LogP) is 1.46. The molecule has 16 heavy (non-hydrogen) atoms. The molecule has 1 aromatic carbocycles. The van der Waals surface area contributed by atoms with Crippen LogP contribution in [0.4, 0.5) is 5.69 Å². The second-order valence-corrected chi connectivity index (χ2v) is 4.05. The molecule has 1 aromatic heterocycles. The first kappa shape index (κ1) is 9.42. The third-order valence-electron chi connectivity index (χ3n) is 2.83. The summed E-state index contributed by atoms with van der Waals surface area (Å²) in [5.74, 6) is 0. The molecule has 82 valence electrons. The number of benzene rings is 1. The van der Waals surface area contributed by atoms with E-state index in [1.165, 1.54) is 5.69 Å². The summed E-state index contributed by atoms with van der Waals surface area (Å²) in [6, 6.07) is 10.9. The Morgan fingerprint density at radius 3 is 2.88 bits per heavy atom. The molecule has 1 aliphatic heterocycles. The molecule has 1 aliphatic rings. The standard InChI is InChI=1S/C12H14N4/c1-2-9(12-4-5-14-16-12)6-10(3-1)15-11-7-13-8-11/h1-6,11,13,15H,7-8H2,(H,14,16). The molecule has 0 spiro atoms. The van der Waals surface area contributed by atoms with E-state index in [4.69, 9.17) is 0 Å². The Morgan fingerprint density at radius 2 is 2.19 bits per heavy atom. The van der Waals surface area contributed by atoms with Gasteiger partial charge < -0.3 is 10.6 Å². The second-order valence-electron chi connectivity index (χ2n) is 4.05. The molecule has 4 heteroatoms. The summed E-state index contributed by atoms with van der Waals surface area (Å²) in [5.41, 5.74) is 3.38. The Kier molecular flexibility index (Phi) is 2.34. The number of hydrogen-bond acceptors (Lipinski definition) is 3. The van der Waals surface area contributed by atoms with Crippen LogP contribution in [-0.2, 0) is 0 Å². The van der Waals surface area contributed by atoms with Gasteiger partial charge in [-0.1, -0.05) is 12.1 Å². The highest BCUT2D eigenvalue weighted by molar-refractivity contribution is 5.64. The van der Waals surface area contributed by atoms with Gasteiger partial charge in [-0.25, -0.2) is 0 Å². The molecular formula is C12H14N4. The lowest BCUT2D eigenvalue weighted by Gasteiger charge is -2.29. The summed E-state index contributed by atoms with van der Waals surface area (Å²) in [6.07, 6.45) is 1.77. The summed E-state index contributed by atoms with van der Waals surface area (Å²) in [7, 11) is 0. The van der Waals surface area contributed by atoms with E-state index in [0.717, 1.165) is 24.3 Å². The van der Waals surface area contributed by atoms with Gasteiger partial charge >= 0.3 is 0 Å². The average molecular weight is 214 g/mol. The van der Waals surface area contributed by atoms with Gasteiger partial charge in [0.1, 0.15) is 0 Å². The van der Waals surface area contributed by atoms with Crippen molar-refractivity contribution in [3.8, 4) is 11.3 Å². The van der Waals surface area contributed by atoms with E-state index < -0.39 is 0 Å². The second kappa shape index (κ2) is 3.98. The fraction of sp³-hybridized carbons (Fsp3) is 0.250. The summed E-state index contributed by atoms with van der Waals surface area (Å²) in [5, 5.41) is 13.7. The van der Waals surface area contributed by atoms with Crippen molar-refractivity contribution in [1.29, 1.82) is 0 Å². The Labute approximate surface area is 94.1 Å². The van der Waals surface area contributed by atoms with Gasteiger partial charge in [-0.2, -0.15) is 5.10 Å². The van der Waals surface area contributed by atoms with Crippen molar-refractivity contribution in [3.05, 3.63) is 36.5 Å². The summed E-state index contributed by atoms with van der Waals surface area (Å²) < 4.78 is 0. The Bertz CT molecular complexity index is 460. The Balaban J connectivity index is 1.82. The van der Waals surface area contributed by atoms with Crippen molar-refractivity contribution in [2.24, 2.45) is 0 Å². The van der Waals surface area contributed by atoms with Crippen molar-refractivity contribution >= 4 is 5.69 Å². The molecule has 1 fully saturated rings. The van der Waals surface area contributed by atoms with Crippen molar-refractivity contribution < 1.29 is 0 Å². The van der Waals surface area contributed by atoms with Crippen LogP contribution in [0.25, 0.3) is 11.3 Å². The maximum absolute atomic E-state index is 3.96. The normalized spacial score (nSPS) is 15.8. The third-order valence-corrected chi connectivity index (χ3v) is 2.83. The minimum Gasteiger partial charge on any atom is -0.380 e. The van der Waals surface area contributed by atoms with Gasteiger partial charge in [0.2, 0.25) is 0 Å². The SMILES string of the molecule is c1cc(NC2CNC2)cc(-c2ccn[nH]2)c1. The van der Waals surface area contributed by atoms with Gasteiger partial charge in [-0.15, -0.1) is 0 Å². The zero-order valence-electron chi connectivity index (χ0n) is 8.90. The van der Waals surface area contributed by atoms with Crippen LogP contribution in [0, 0.1) is 0 Å². The van der Waals surface area contributed by atoms with Crippen molar-refractivity contribution in [2.75, 3.05) is 18.4 Å². The van der Waals surface area contributed by atoms with Crippen molar-refractivity contribution in [3.63, 3.8) is 0 Å². The first-order chi connectivity index (χ1) is 7.92. The van der Waals surface area contributed by atoms with E-state index in [1.807, 2.05) is 6.07 Å². The topological polar surface area (TPSA) is 52.7 Å². The van der Waals surface area contributed by atoms with E-state index in [0.29, 0.717) is 6.04 Å². The van der Waals surface area contributed by atoms with E-state index >= 15 is 0 Å². The van der Waals surface area contributed by atoms with Crippen molar-refractivity contribution in [1.82, 2.24) is 15.5 Å². The molecule has 0 radical (unpaired) electrons. The first-order valence-electron chi connectivity index (χ1n) is 5.49. The minimum absolute atomic E-state index is 0.567. The quantitative estimate of drug-likeness (QED) is 0.725. The van der Waals surface area contributed by atoms with Crippen LogP contribution in [0.15, 0.2) is 36.5 Å². The Morgan fingerprint density at radius 1 is 1.25 bits per heavy atom. The maximum atomic E-state index is 3.96. The van der Waals surface area contributed by atoms with Gasteiger partial charge in [0.05, 0.1) is 11.7 Å². The van der Waals surface area contributed by atoms with Gasteiger partial charge in [0, 0.05) is 30.5 Å². The highest BCUT2D eigenvalue weighted by atomic mass is 15.1. The van der Waals surface area contributed by atoms with Gasteiger partial charge in [-0.05, 0) is 18.2 Å². The smallest absolute Gasteiger partial charge is 0.0650 e. The molecular weight excluding hydrogens is 200 g/mol. The number of rotatable bonds is 3. The molecule has 3 rings (SSSR count). The molecule has 0 unspecified atom stereocenters. The van der Waals surface area contributed by atoms with Crippen LogP contribution in [0.5, 0.6) is 0 Å². The molecule has 2 heterocycles. The molecule has 3 N–H and O–H groups in total. The van der Waals surface area contributed by atoms with Crippen LogP contribution >= 0.6 is 0 Å². The molecule has 0 bridgehead atoms. The molecule has 0 atom stereocenters. The van der Waals surface area contributed by atoms with Gasteiger partial charge in [-0.3, -0.25) is 5.10 Å². The van der Waals surface area contributed by atoms with Crippen LogP contribution in [0.2, 0.25) is 0 Å². The molecule has 0 aliphatic carbocycles. The van der Waals surface area contributed by atoms with E-state index in [9.17, 15) is 0 Å². The number of hydrogen-bond donors (Lipinski definition) is 3. The molecule has 0 saturated carbocycles. The number of aromatic amines is 1. The highest BCUT2D eigenvalue weighted by Crippen LogP contribution is 2.21. The number of aromatic nitrogens is 2. The fourth-order valence-electron chi connectivity index (χ4n) is 1.82. The zero-order valence-corrected chi connectivity index (χ0v) is 8.90. The van der Waals surface area contributed by atoms with Gasteiger partial charge in [0.15, 0.2) is 0 Å². The molecule has 2 aromatic rings. The summed E-state index contributed by atoms with van der Waals surface area (Å²) in [4.78, 5) is 0. The van der Waals surface area contributed by atoms with E-state index in [1.54, 1.807) is 6.20 Å². The van der Waals surface area contributed by atoms with Crippen LogP contribution in [-0.4, -0.2) is 29.3 Å². The van der Waals surface area contributed by atoms with Crippen LogP contribution in [0.3, 0.4) is 0 Å². The number of anilines is 1. The Hall–Kier alpha value is -1.81. The number of nitrogens with one attached hydrogen (secondary N) is 3. The van der Waals surface area contributed by atoms with Crippen LogP contribution in [0.1, 0.15) is 0 Å². The largest absolute Gasteiger partial charge is 0.380 e. The maximum Gasteiger partial charge on any atom is 0.0650 e. The lowest BCUT2D eigenvalue weighted by molar-refractivity contribution is 0.472. The highest BCUT2D eigenvalue weighted by Gasteiger charge is 2.15. The number of nitrogens with zero attached hydrogens (tertiary/aromatic N) is 1. The van der Waals surface area contributed by atoms with Crippen LogP contribution < -0.4 is 10.6 Å². The summed E-state index contributed by atoms with van der Waals surface area (Å²) >= 11 is 0. The fourth-order valence-corrected chi connectivity index (χ4v) is 1.82. The zero-order chi connectivity index (χ0) is 10.8. The average Bonchev–Trinajstić information content (AvgIpc) is 2.77. The molecule has 1 saturated heterocycles. The lowest BCUT2D eigenvalue weighted by atomic mass is 10.1.